The predicted molar refractivity (Wildman–Crippen MR) is 82.8 cm³/mol. The lowest BCUT2D eigenvalue weighted by atomic mass is 10.1. The molecule has 4 heteroatoms. The van der Waals surface area contributed by atoms with Crippen molar-refractivity contribution < 1.29 is 4.42 Å². The van der Waals surface area contributed by atoms with Crippen LogP contribution in [-0.2, 0) is 13.1 Å². The molecule has 3 nitrogen and oxygen atoms in total. The summed E-state index contributed by atoms with van der Waals surface area (Å²) in [4.78, 5) is 2.26. The Balaban J connectivity index is 1.99. The normalized spacial score (nSPS) is 12.8. The van der Waals surface area contributed by atoms with Gasteiger partial charge in [0, 0.05) is 11.1 Å². The Morgan fingerprint density at radius 3 is 2.45 bits per heavy atom. The number of halogens is 1. The van der Waals surface area contributed by atoms with Crippen molar-refractivity contribution in [1.29, 1.82) is 0 Å². The molecule has 1 aromatic heterocycles. The van der Waals surface area contributed by atoms with Crippen LogP contribution in [-0.4, -0.2) is 19.0 Å². The number of benzene rings is 1. The summed E-state index contributed by atoms with van der Waals surface area (Å²) >= 11 is 5.92. The van der Waals surface area contributed by atoms with Gasteiger partial charge in [-0.15, -0.1) is 0 Å². The smallest absolute Gasteiger partial charge is 0.118 e. The van der Waals surface area contributed by atoms with E-state index in [1.807, 2.05) is 31.3 Å². The van der Waals surface area contributed by atoms with Gasteiger partial charge < -0.3 is 9.73 Å². The number of hydrogen-bond donors (Lipinski definition) is 1. The van der Waals surface area contributed by atoms with E-state index in [0.717, 1.165) is 29.6 Å². The van der Waals surface area contributed by atoms with Crippen LogP contribution >= 0.6 is 11.6 Å². The first-order valence-electron chi connectivity index (χ1n) is 6.78. The van der Waals surface area contributed by atoms with Crippen LogP contribution in [0.5, 0.6) is 0 Å². The van der Waals surface area contributed by atoms with Crippen LogP contribution in [0.2, 0.25) is 5.02 Å². The fraction of sp³-hybridized carbons (Fsp3) is 0.375. The van der Waals surface area contributed by atoms with E-state index in [-0.39, 0.29) is 0 Å². The third kappa shape index (κ3) is 3.85. The standard InChI is InChI=1S/C16H21ClN2O/c1-12(13-4-6-14(17)7-5-13)19(3)11-16-9-8-15(20-16)10-18-2/h4-9,12,18H,10-11H2,1-3H3. The van der Waals surface area contributed by atoms with Crippen LogP contribution in [0.4, 0.5) is 0 Å². The molecule has 0 aliphatic rings. The molecule has 20 heavy (non-hydrogen) atoms. The topological polar surface area (TPSA) is 28.4 Å². The van der Waals surface area contributed by atoms with Gasteiger partial charge >= 0.3 is 0 Å². The molecule has 0 saturated carbocycles. The van der Waals surface area contributed by atoms with Crippen molar-refractivity contribution in [3.8, 4) is 0 Å². The molecule has 0 saturated heterocycles. The average molecular weight is 293 g/mol. The highest BCUT2D eigenvalue weighted by Crippen LogP contribution is 2.22. The Kier molecular flexibility index (Phi) is 5.24. The second-order valence-corrected chi connectivity index (χ2v) is 5.48. The number of nitrogens with one attached hydrogen (secondary N) is 1. The first kappa shape index (κ1) is 15.1. The first-order valence-corrected chi connectivity index (χ1v) is 7.16. The number of nitrogens with zero attached hydrogens (tertiary/aromatic N) is 1. The van der Waals surface area contributed by atoms with Crippen LogP contribution in [0, 0.1) is 0 Å². The van der Waals surface area contributed by atoms with E-state index in [1.165, 1.54) is 5.56 Å². The lowest BCUT2D eigenvalue weighted by molar-refractivity contribution is 0.230. The Hall–Kier alpha value is -1.29. The fourth-order valence-electron chi connectivity index (χ4n) is 2.16. The molecule has 0 radical (unpaired) electrons. The maximum Gasteiger partial charge on any atom is 0.118 e. The summed E-state index contributed by atoms with van der Waals surface area (Å²) in [5.41, 5.74) is 1.25. The molecule has 1 aromatic carbocycles. The van der Waals surface area contributed by atoms with E-state index < -0.39 is 0 Å². The Morgan fingerprint density at radius 2 is 1.80 bits per heavy atom. The second kappa shape index (κ2) is 6.93. The van der Waals surface area contributed by atoms with Gasteiger partial charge in [0.25, 0.3) is 0 Å². The summed E-state index contributed by atoms with van der Waals surface area (Å²) in [7, 11) is 4.01. The molecule has 1 unspecified atom stereocenters. The van der Waals surface area contributed by atoms with E-state index in [4.69, 9.17) is 16.0 Å². The van der Waals surface area contributed by atoms with Crippen LogP contribution in [0.25, 0.3) is 0 Å². The quantitative estimate of drug-likeness (QED) is 0.877. The summed E-state index contributed by atoms with van der Waals surface area (Å²) in [6.45, 7) is 3.73. The summed E-state index contributed by atoms with van der Waals surface area (Å²) in [6, 6.07) is 12.4. The minimum atomic E-state index is 0.310. The van der Waals surface area contributed by atoms with Crippen molar-refractivity contribution in [2.24, 2.45) is 0 Å². The van der Waals surface area contributed by atoms with Gasteiger partial charge in [0.15, 0.2) is 0 Å². The monoisotopic (exact) mass is 292 g/mol. The van der Waals surface area contributed by atoms with E-state index in [0.29, 0.717) is 6.04 Å². The largest absolute Gasteiger partial charge is 0.463 e. The zero-order valence-corrected chi connectivity index (χ0v) is 12.9. The molecule has 2 rings (SSSR count). The third-order valence-corrected chi connectivity index (χ3v) is 3.74. The van der Waals surface area contributed by atoms with Crippen molar-refractivity contribution in [2.75, 3.05) is 14.1 Å². The Bertz CT molecular complexity index is 536. The van der Waals surface area contributed by atoms with Crippen molar-refractivity contribution in [2.45, 2.75) is 26.1 Å². The molecule has 1 atom stereocenters. The van der Waals surface area contributed by atoms with E-state index in [9.17, 15) is 0 Å². The highest BCUT2D eigenvalue weighted by Gasteiger charge is 2.13. The average Bonchev–Trinajstić information content (AvgIpc) is 2.86. The maximum atomic E-state index is 5.92. The van der Waals surface area contributed by atoms with E-state index in [2.05, 4.69) is 36.3 Å². The van der Waals surface area contributed by atoms with Gasteiger partial charge in [-0.25, -0.2) is 0 Å². The van der Waals surface area contributed by atoms with Crippen molar-refractivity contribution in [1.82, 2.24) is 10.2 Å². The van der Waals surface area contributed by atoms with Crippen LogP contribution in [0.15, 0.2) is 40.8 Å². The van der Waals surface area contributed by atoms with Gasteiger partial charge in [-0.05, 0) is 50.8 Å². The highest BCUT2D eigenvalue weighted by atomic mass is 35.5. The summed E-state index contributed by atoms with van der Waals surface area (Å²) in [6.07, 6.45) is 0. The van der Waals surface area contributed by atoms with Crippen LogP contribution in [0.1, 0.15) is 30.0 Å². The Morgan fingerprint density at radius 1 is 1.15 bits per heavy atom. The number of furan rings is 1. The lowest BCUT2D eigenvalue weighted by Gasteiger charge is -2.24. The molecular weight excluding hydrogens is 272 g/mol. The van der Waals surface area contributed by atoms with Crippen molar-refractivity contribution in [3.63, 3.8) is 0 Å². The van der Waals surface area contributed by atoms with E-state index >= 15 is 0 Å². The van der Waals surface area contributed by atoms with Gasteiger partial charge in [-0.1, -0.05) is 23.7 Å². The minimum absolute atomic E-state index is 0.310. The van der Waals surface area contributed by atoms with Crippen LogP contribution < -0.4 is 5.32 Å². The molecule has 0 aliphatic carbocycles. The molecule has 0 fully saturated rings. The molecule has 2 aromatic rings. The lowest BCUT2D eigenvalue weighted by Crippen LogP contribution is -2.21. The molecule has 0 amide bonds. The summed E-state index contributed by atoms with van der Waals surface area (Å²) in [5, 5.41) is 3.85. The van der Waals surface area contributed by atoms with Crippen molar-refractivity contribution in [3.05, 3.63) is 58.5 Å². The van der Waals surface area contributed by atoms with Gasteiger partial charge in [0.1, 0.15) is 11.5 Å². The fourth-order valence-corrected chi connectivity index (χ4v) is 2.28. The third-order valence-electron chi connectivity index (χ3n) is 3.49. The molecular formula is C16H21ClN2O. The molecule has 1 N–H and O–H groups in total. The zero-order valence-electron chi connectivity index (χ0n) is 12.2. The molecule has 108 valence electrons. The molecule has 0 bridgehead atoms. The molecule has 1 heterocycles. The van der Waals surface area contributed by atoms with Gasteiger partial charge in [0.2, 0.25) is 0 Å². The zero-order chi connectivity index (χ0) is 14.5. The summed E-state index contributed by atoms with van der Waals surface area (Å²) < 4.78 is 5.77. The second-order valence-electron chi connectivity index (χ2n) is 5.04. The molecule has 0 spiro atoms. The number of hydrogen-bond acceptors (Lipinski definition) is 3. The number of rotatable bonds is 6. The maximum absolute atomic E-state index is 5.92. The Labute approximate surface area is 125 Å². The highest BCUT2D eigenvalue weighted by molar-refractivity contribution is 6.30. The predicted octanol–water partition coefficient (Wildman–Crippen LogP) is 3.85. The summed E-state index contributed by atoms with van der Waals surface area (Å²) in [5.74, 6) is 1.95. The van der Waals surface area contributed by atoms with Gasteiger partial charge in [-0.2, -0.15) is 0 Å². The SMILES string of the molecule is CNCc1ccc(CN(C)C(C)c2ccc(Cl)cc2)o1. The first-order chi connectivity index (χ1) is 9.60. The van der Waals surface area contributed by atoms with Gasteiger partial charge in [0.05, 0.1) is 13.1 Å². The minimum Gasteiger partial charge on any atom is -0.463 e. The van der Waals surface area contributed by atoms with Crippen molar-refractivity contribution >= 4 is 11.6 Å². The molecule has 0 aliphatic heterocycles. The van der Waals surface area contributed by atoms with Crippen LogP contribution in [0.3, 0.4) is 0 Å². The van der Waals surface area contributed by atoms with Gasteiger partial charge in [-0.3, -0.25) is 4.90 Å². The van der Waals surface area contributed by atoms with E-state index in [1.54, 1.807) is 0 Å².